The van der Waals surface area contributed by atoms with Gasteiger partial charge in [0.05, 0.1) is 0 Å². The number of esters is 3. The first-order valence-corrected chi connectivity index (χ1v) is 29.4. The van der Waals surface area contributed by atoms with Crippen molar-refractivity contribution in [2.75, 3.05) is 13.2 Å². The predicted octanol–water partition coefficient (Wildman–Crippen LogP) is 19.8. The van der Waals surface area contributed by atoms with Crippen molar-refractivity contribution in [3.05, 3.63) is 72.9 Å². The summed E-state index contributed by atoms with van der Waals surface area (Å²) in [6.07, 6.45) is 74.0. The Hall–Kier alpha value is -3.15. The van der Waals surface area contributed by atoms with Gasteiger partial charge in [-0.1, -0.05) is 261 Å². The lowest BCUT2D eigenvalue weighted by Crippen LogP contribution is -2.30. The minimum absolute atomic E-state index is 0.0964. The summed E-state index contributed by atoms with van der Waals surface area (Å²) in [6, 6.07) is 0. The standard InChI is InChI=1S/C63H110O6/c1-4-7-10-13-15-17-19-21-23-25-26-27-28-29-30-31-32-33-34-35-36-38-39-41-43-45-47-50-53-56-62(65)68-59-60(58-67-61(64)55-52-49-12-9-6-3)69-63(66)57-54-51-48-46-44-42-40-37-24-22-20-18-16-14-11-8-5-2/h8,11,16,18,22,24-26,40,42,46,48,60H,4-7,9-10,12-15,17,19-21,23,27-39,41,43-45,47,49-59H2,1-3H3/b11-8-,18-16-,24-22-,26-25-,42-40-,48-46-. The Labute approximate surface area is 427 Å². The molecule has 0 rings (SSSR count). The maximum absolute atomic E-state index is 12.7. The van der Waals surface area contributed by atoms with Crippen LogP contribution in [0.15, 0.2) is 72.9 Å². The Morgan fingerprint density at radius 1 is 0.304 bits per heavy atom. The summed E-state index contributed by atoms with van der Waals surface area (Å²) in [5.41, 5.74) is 0. The highest BCUT2D eigenvalue weighted by Crippen LogP contribution is 2.16. The molecule has 0 aliphatic carbocycles. The molecule has 0 saturated heterocycles. The molecule has 0 aromatic carbocycles. The number of allylic oxidation sites excluding steroid dienone is 12. The zero-order valence-electron chi connectivity index (χ0n) is 45.6. The van der Waals surface area contributed by atoms with E-state index in [1.165, 1.54) is 154 Å². The highest BCUT2D eigenvalue weighted by molar-refractivity contribution is 5.71. The molecule has 1 unspecified atom stereocenters. The van der Waals surface area contributed by atoms with Crippen LogP contribution in [0, 0.1) is 0 Å². The first-order chi connectivity index (χ1) is 34.0. The quantitative estimate of drug-likeness (QED) is 0.0262. The molecule has 0 N–H and O–H groups in total. The van der Waals surface area contributed by atoms with E-state index in [9.17, 15) is 14.4 Å². The molecule has 0 aromatic heterocycles. The zero-order valence-corrected chi connectivity index (χ0v) is 45.6. The molecule has 0 radical (unpaired) electrons. The van der Waals surface area contributed by atoms with Gasteiger partial charge in [0.1, 0.15) is 13.2 Å². The molecule has 6 nitrogen and oxygen atoms in total. The molecular formula is C63H110O6. The highest BCUT2D eigenvalue weighted by atomic mass is 16.6. The average molecular weight is 964 g/mol. The maximum Gasteiger partial charge on any atom is 0.306 e. The summed E-state index contributed by atoms with van der Waals surface area (Å²) >= 11 is 0. The molecule has 6 heteroatoms. The molecule has 0 bridgehead atoms. The summed E-state index contributed by atoms with van der Waals surface area (Å²) in [4.78, 5) is 37.7. The predicted molar refractivity (Wildman–Crippen MR) is 298 cm³/mol. The van der Waals surface area contributed by atoms with Gasteiger partial charge in [-0.05, 0) is 83.5 Å². The van der Waals surface area contributed by atoms with Gasteiger partial charge in [-0.2, -0.15) is 0 Å². The van der Waals surface area contributed by atoms with Crippen LogP contribution in [0.25, 0.3) is 0 Å². The van der Waals surface area contributed by atoms with E-state index < -0.39 is 6.10 Å². The molecular weight excluding hydrogens is 853 g/mol. The molecule has 0 fully saturated rings. The lowest BCUT2D eigenvalue weighted by Gasteiger charge is -2.18. The molecule has 398 valence electrons. The van der Waals surface area contributed by atoms with Gasteiger partial charge in [0.25, 0.3) is 0 Å². The number of ether oxygens (including phenoxy) is 3. The summed E-state index contributed by atoms with van der Waals surface area (Å²) in [6.45, 7) is 6.41. The van der Waals surface area contributed by atoms with Crippen LogP contribution in [0.4, 0.5) is 0 Å². The molecule has 0 aliphatic heterocycles. The van der Waals surface area contributed by atoms with Gasteiger partial charge in [0.15, 0.2) is 6.10 Å². The molecule has 0 saturated carbocycles. The summed E-state index contributed by atoms with van der Waals surface area (Å²) in [5.74, 6) is -0.963. The smallest absolute Gasteiger partial charge is 0.306 e. The van der Waals surface area contributed by atoms with E-state index in [4.69, 9.17) is 14.2 Å². The van der Waals surface area contributed by atoms with Crippen LogP contribution in [-0.2, 0) is 28.6 Å². The first kappa shape index (κ1) is 65.8. The second kappa shape index (κ2) is 57.4. The zero-order chi connectivity index (χ0) is 50.0. The Kier molecular flexibility index (Phi) is 54.8. The van der Waals surface area contributed by atoms with Crippen molar-refractivity contribution in [3.63, 3.8) is 0 Å². The van der Waals surface area contributed by atoms with Gasteiger partial charge in [-0.25, -0.2) is 0 Å². The minimum atomic E-state index is -0.800. The third kappa shape index (κ3) is 55.6. The summed E-state index contributed by atoms with van der Waals surface area (Å²) in [7, 11) is 0. The van der Waals surface area contributed by atoms with Crippen LogP contribution in [0.1, 0.15) is 290 Å². The number of rotatable bonds is 53. The number of carbonyl (C=O) groups is 3. The van der Waals surface area contributed by atoms with Gasteiger partial charge in [0.2, 0.25) is 0 Å². The maximum atomic E-state index is 12.7. The third-order valence-electron chi connectivity index (χ3n) is 12.7. The van der Waals surface area contributed by atoms with Crippen molar-refractivity contribution in [2.24, 2.45) is 0 Å². The SMILES string of the molecule is CC/C=C\C/C=C\C/C=C\C/C=C\C/C=C\CCCC(=O)OC(COC(=O)CCCCCCC)COC(=O)CCCCCCCCCCCCCCCCCCC/C=C\CCCCCCCCCC. The largest absolute Gasteiger partial charge is 0.462 e. The second-order valence-corrected chi connectivity index (χ2v) is 19.5. The van der Waals surface area contributed by atoms with Gasteiger partial charge in [-0.15, -0.1) is 0 Å². The van der Waals surface area contributed by atoms with Crippen LogP contribution < -0.4 is 0 Å². The number of hydrogen-bond acceptors (Lipinski definition) is 6. The molecule has 69 heavy (non-hydrogen) atoms. The molecule has 0 aliphatic rings. The van der Waals surface area contributed by atoms with Crippen LogP contribution in [0.2, 0.25) is 0 Å². The Morgan fingerprint density at radius 2 is 0.580 bits per heavy atom. The minimum Gasteiger partial charge on any atom is -0.462 e. The number of unbranched alkanes of at least 4 members (excludes halogenated alkanes) is 30. The molecule has 0 heterocycles. The number of hydrogen-bond donors (Lipinski definition) is 0. The van der Waals surface area contributed by atoms with Crippen LogP contribution in [0.3, 0.4) is 0 Å². The van der Waals surface area contributed by atoms with Gasteiger partial charge < -0.3 is 14.2 Å². The van der Waals surface area contributed by atoms with E-state index in [0.717, 1.165) is 89.9 Å². The van der Waals surface area contributed by atoms with E-state index in [-0.39, 0.29) is 37.5 Å². The summed E-state index contributed by atoms with van der Waals surface area (Å²) < 4.78 is 16.7. The van der Waals surface area contributed by atoms with Gasteiger partial charge >= 0.3 is 17.9 Å². The fraction of sp³-hybridized carbons (Fsp3) is 0.762. The highest BCUT2D eigenvalue weighted by Gasteiger charge is 2.19. The first-order valence-electron chi connectivity index (χ1n) is 29.4. The van der Waals surface area contributed by atoms with E-state index >= 15 is 0 Å². The normalized spacial score (nSPS) is 12.6. The fourth-order valence-corrected chi connectivity index (χ4v) is 8.30. The van der Waals surface area contributed by atoms with Crippen molar-refractivity contribution in [1.29, 1.82) is 0 Å². The monoisotopic (exact) mass is 963 g/mol. The fourth-order valence-electron chi connectivity index (χ4n) is 8.30. The average Bonchev–Trinajstić information content (AvgIpc) is 3.35. The topological polar surface area (TPSA) is 78.9 Å². The lowest BCUT2D eigenvalue weighted by atomic mass is 10.0. The van der Waals surface area contributed by atoms with E-state index in [1.807, 2.05) is 0 Å². The van der Waals surface area contributed by atoms with E-state index in [0.29, 0.717) is 19.3 Å². The van der Waals surface area contributed by atoms with Crippen LogP contribution in [0.5, 0.6) is 0 Å². The summed E-state index contributed by atoms with van der Waals surface area (Å²) in [5, 5.41) is 0. The van der Waals surface area contributed by atoms with Crippen molar-refractivity contribution in [1.82, 2.24) is 0 Å². The molecule has 0 amide bonds. The van der Waals surface area contributed by atoms with Crippen molar-refractivity contribution in [3.8, 4) is 0 Å². The molecule has 1 atom stereocenters. The van der Waals surface area contributed by atoms with Gasteiger partial charge in [0, 0.05) is 19.3 Å². The Bertz CT molecular complexity index is 1290. The molecule has 0 aromatic rings. The van der Waals surface area contributed by atoms with E-state index in [1.54, 1.807) is 0 Å². The van der Waals surface area contributed by atoms with E-state index in [2.05, 4.69) is 93.7 Å². The van der Waals surface area contributed by atoms with Crippen molar-refractivity contribution >= 4 is 17.9 Å². The van der Waals surface area contributed by atoms with Crippen molar-refractivity contribution < 1.29 is 28.6 Å². The van der Waals surface area contributed by atoms with Crippen LogP contribution >= 0.6 is 0 Å². The third-order valence-corrected chi connectivity index (χ3v) is 12.7. The molecule has 0 spiro atoms. The lowest BCUT2D eigenvalue weighted by molar-refractivity contribution is -0.167. The van der Waals surface area contributed by atoms with Crippen molar-refractivity contribution in [2.45, 2.75) is 297 Å². The number of carbonyl (C=O) groups excluding carboxylic acids is 3. The van der Waals surface area contributed by atoms with Crippen LogP contribution in [-0.4, -0.2) is 37.2 Å². The Balaban J connectivity index is 4.04. The second-order valence-electron chi connectivity index (χ2n) is 19.5. The van der Waals surface area contributed by atoms with Gasteiger partial charge in [-0.3, -0.25) is 14.4 Å². The Morgan fingerprint density at radius 3 is 0.942 bits per heavy atom.